The molecule has 2 saturated heterocycles. The summed E-state index contributed by atoms with van der Waals surface area (Å²) in [6, 6.07) is 9.43. The van der Waals surface area contributed by atoms with Gasteiger partial charge in [0.25, 0.3) is 0 Å². The van der Waals surface area contributed by atoms with E-state index in [0.717, 1.165) is 37.7 Å². The molecule has 2 aliphatic heterocycles. The molecule has 4 heteroatoms. The largest absolute Gasteiger partial charge is 0.314 e. The van der Waals surface area contributed by atoms with Crippen LogP contribution in [0, 0.1) is 0 Å². The summed E-state index contributed by atoms with van der Waals surface area (Å²) in [6.07, 6.45) is 0. The van der Waals surface area contributed by atoms with Crippen molar-refractivity contribution >= 4 is 11.6 Å². The molecule has 0 radical (unpaired) electrons. The Hall–Kier alpha value is -0.610. The first kappa shape index (κ1) is 12.4. The molecule has 98 valence electrons. The molecule has 2 atom stereocenters. The molecule has 0 saturated carbocycles. The molecule has 1 aromatic carbocycles. The summed E-state index contributed by atoms with van der Waals surface area (Å²) in [7, 11) is 2.22. The monoisotopic (exact) mass is 265 g/mol. The molecular formula is C14H20ClN3. The average molecular weight is 266 g/mol. The van der Waals surface area contributed by atoms with Crippen LogP contribution in [0.25, 0.3) is 0 Å². The normalized spacial score (nSPS) is 30.1. The lowest BCUT2D eigenvalue weighted by Gasteiger charge is -2.47. The fourth-order valence-electron chi connectivity index (χ4n) is 3.12. The van der Waals surface area contributed by atoms with Crippen LogP contribution in [0.3, 0.4) is 0 Å². The summed E-state index contributed by atoms with van der Waals surface area (Å²) in [5, 5.41) is 4.32. The van der Waals surface area contributed by atoms with Gasteiger partial charge in [-0.2, -0.15) is 0 Å². The Morgan fingerprint density at radius 2 is 2.22 bits per heavy atom. The molecule has 0 aromatic heterocycles. The molecule has 0 spiro atoms. The fraction of sp³-hybridized carbons (Fsp3) is 0.571. The van der Waals surface area contributed by atoms with E-state index in [9.17, 15) is 0 Å². The number of rotatable bonds is 1. The molecule has 1 aromatic rings. The number of likely N-dealkylation sites (N-methyl/N-ethyl adjacent to an activating group) is 1. The zero-order valence-electron chi connectivity index (χ0n) is 10.8. The van der Waals surface area contributed by atoms with Crippen LogP contribution in [0.5, 0.6) is 0 Å². The first-order chi connectivity index (χ1) is 8.74. The van der Waals surface area contributed by atoms with Crippen molar-refractivity contribution in [2.24, 2.45) is 0 Å². The minimum Gasteiger partial charge on any atom is -0.314 e. The van der Waals surface area contributed by atoms with Crippen LogP contribution < -0.4 is 5.32 Å². The smallest absolute Gasteiger partial charge is 0.0473 e. The Morgan fingerprint density at radius 3 is 3.06 bits per heavy atom. The number of hydrogen-bond donors (Lipinski definition) is 1. The summed E-state index contributed by atoms with van der Waals surface area (Å²) in [6.45, 7) is 5.64. The molecule has 2 unspecified atom stereocenters. The Labute approximate surface area is 114 Å². The minimum atomic E-state index is 0.470. The summed E-state index contributed by atoms with van der Waals surface area (Å²) >= 11 is 6.11. The SMILES string of the molecule is CN1CC2CNCCN2CC1c1cccc(Cl)c1. The van der Waals surface area contributed by atoms with Gasteiger partial charge in [-0.05, 0) is 24.7 Å². The van der Waals surface area contributed by atoms with Gasteiger partial charge in [0.05, 0.1) is 0 Å². The van der Waals surface area contributed by atoms with Crippen LogP contribution in [0.15, 0.2) is 24.3 Å². The third-order valence-electron chi connectivity index (χ3n) is 4.14. The zero-order valence-corrected chi connectivity index (χ0v) is 11.5. The second-order valence-corrected chi connectivity index (χ2v) is 5.80. The topological polar surface area (TPSA) is 18.5 Å². The predicted octanol–water partition coefficient (Wildman–Crippen LogP) is 1.60. The van der Waals surface area contributed by atoms with Crippen LogP contribution in [-0.2, 0) is 0 Å². The van der Waals surface area contributed by atoms with E-state index in [1.165, 1.54) is 5.56 Å². The zero-order chi connectivity index (χ0) is 12.5. The van der Waals surface area contributed by atoms with Crippen molar-refractivity contribution in [2.75, 3.05) is 39.8 Å². The number of fused-ring (bicyclic) bond motifs is 1. The van der Waals surface area contributed by atoms with Gasteiger partial charge in [0.2, 0.25) is 0 Å². The van der Waals surface area contributed by atoms with Crippen molar-refractivity contribution in [3.63, 3.8) is 0 Å². The molecular weight excluding hydrogens is 246 g/mol. The van der Waals surface area contributed by atoms with E-state index >= 15 is 0 Å². The van der Waals surface area contributed by atoms with E-state index in [1.807, 2.05) is 6.07 Å². The van der Waals surface area contributed by atoms with Crippen molar-refractivity contribution in [2.45, 2.75) is 12.1 Å². The van der Waals surface area contributed by atoms with Crippen LogP contribution in [-0.4, -0.2) is 55.6 Å². The minimum absolute atomic E-state index is 0.470. The van der Waals surface area contributed by atoms with Crippen LogP contribution >= 0.6 is 11.6 Å². The van der Waals surface area contributed by atoms with Gasteiger partial charge >= 0.3 is 0 Å². The molecule has 3 rings (SSSR count). The number of hydrogen-bond acceptors (Lipinski definition) is 3. The summed E-state index contributed by atoms with van der Waals surface area (Å²) in [4.78, 5) is 5.07. The van der Waals surface area contributed by atoms with Crippen LogP contribution in [0.2, 0.25) is 5.02 Å². The van der Waals surface area contributed by atoms with Gasteiger partial charge in [-0.15, -0.1) is 0 Å². The number of nitrogens with one attached hydrogen (secondary N) is 1. The number of halogens is 1. The maximum Gasteiger partial charge on any atom is 0.0473 e. The molecule has 3 nitrogen and oxygen atoms in total. The maximum atomic E-state index is 6.11. The lowest BCUT2D eigenvalue weighted by molar-refractivity contribution is 0.0300. The molecule has 0 aliphatic carbocycles. The van der Waals surface area contributed by atoms with Gasteiger partial charge in [0, 0.05) is 49.8 Å². The molecule has 18 heavy (non-hydrogen) atoms. The summed E-state index contributed by atoms with van der Waals surface area (Å²) in [5.74, 6) is 0. The number of benzene rings is 1. The molecule has 0 bridgehead atoms. The van der Waals surface area contributed by atoms with Gasteiger partial charge in [-0.25, -0.2) is 0 Å². The highest BCUT2D eigenvalue weighted by atomic mass is 35.5. The second kappa shape index (κ2) is 5.17. The van der Waals surface area contributed by atoms with Crippen molar-refractivity contribution in [1.82, 2.24) is 15.1 Å². The molecule has 0 amide bonds. The first-order valence-electron chi connectivity index (χ1n) is 6.64. The third kappa shape index (κ3) is 2.41. The van der Waals surface area contributed by atoms with Gasteiger partial charge in [-0.1, -0.05) is 23.7 Å². The van der Waals surface area contributed by atoms with Crippen molar-refractivity contribution in [3.8, 4) is 0 Å². The Morgan fingerprint density at radius 1 is 1.33 bits per heavy atom. The standard InChI is InChI=1S/C14H20ClN3/c1-17-9-13-8-16-5-6-18(13)10-14(17)11-3-2-4-12(15)7-11/h2-4,7,13-14,16H,5-6,8-10H2,1H3. The Kier molecular flexibility index (Phi) is 3.57. The van der Waals surface area contributed by atoms with Gasteiger partial charge in [-0.3, -0.25) is 9.80 Å². The van der Waals surface area contributed by atoms with E-state index in [1.54, 1.807) is 0 Å². The van der Waals surface area contributed by atoms with Crippen molar-refractivity contribution in [3.05, 3.63) is 34.9 Å². The highest BCUT2D eigenvalue weighted by Gasteiger charge is 2.33. The second-order valence-electron chi connectivity index (χ2n) is 5.36. The quantitative estimate of drug-likeness (QED) is 0.832. The van der Waals surface area contributed by atoms with Crippen molar-refractivity contribution in [1.29, 1.82) is 0 Å². The lowest BCUT2D eigenvalue weighted by atomic mass is 9.99. The van der Waals surface area contributed by atoms with Crippen LogP contribution in [0.1, 0.15) is 11.6 Å². The third-order valence-corrected chi connectivity index (χ3v) is 4.38. The highest BCUT2D eigenvalue weighted by molar-refractivity contribution is 6.30. The van der Waals surface area contributed by atoms with Gasteiger partial charge < -0.3 is 5.32 Å². The van der Waals surface area contributed by atoms with E-state index in [2.05, 4.69) is 40.4 Å². The molecule has 2 aliphatic rings. The Bertz CT molecular complexity index is 423. The predicted molar refractivity (Wildman–Crippen MR) is 75.1 cm³/mol. The fourth-order valence-corrected chi connectivity index (χ4v) is 3.32. The average Bonchev–Trinajstić information content (AvgIpc) is 2.38. The summed E-state index contributed by atoms with van der Waals surface area (Å²) < 4.78 is 0. The highest BCUT2D eigenvalue weighted by Crippen LogP contribution is 2.28. The number of piperazine rings is 2. The van der Waals surface area contributed by atoms with Crippen LogP contribution in [0.4, 0.5) is 0 Å². The van der Waals surface area contributed by atoms with Gasteiger partial charge in [0.15, 0.2) is 0 Å². The van der Waals surface area contributed by atoms with Gasteiger partial charge in [0.1, 0.15) is 0 Å². The molecule has 1 N–H and O–H groups in total. The van der Waals surface area contributed by atoms with Crippen molar-refractivity contribution < 1.29 is 0 Å². The summed E-state index contributed by atoms with van der Waals surface area (Å²) in [5.41, 5.74) is 1.34. The van der Waals surface area contributed by atoms with E-state index < -0.39 is 0 Å². The molecule has 2 heterocycles. The number of nitrogens with zero attached hydrogens (tertiary/aromatic N) is 2. The lowest BCUT2D eigenvalue weighted by Crippen LogP contribution is -2.61. The Balaban J connectivity index is 1.80. The van der Waals surface area contributed by atoms with E-state index in [4.69, 9.17) is 11.6 Å². The van der Waals surface area contributed by atoms with E-state index in [-0.39, 0.29) is 0 Å². The maximum absolute atomic E-state index is 6.11. The molecule has 2 fully saturated rings. The first-order valence-corrected chi connectivity index (χ1v) is 7.02. The van der Waals surface area contributed by atoms with E-state index in [0.29, 0.717) is 12.1 Å².